The lowest BCUT2D eigenvalue weighted by atomic mass is 10.1. The van der Waals surface area contributed by atoms with Crippen molar-refractivity contribution >= 4 is 34.4 Å². The van der Waals surface area contributed by atoms with Gasteiger partial charge in [-0.1, -0.05) is 28.7 Å². The van der Waals surface area contributed by atoms with Gasteiger partial charge in [-0.05, 0) is 62.8 Å². The molecule has 1 aliphatic carbocycles. The number of carbonyl (C=O) groups is 1. The lowest BCUT2D eigenvalue weighted by molar-refractivity contribution is 0.0636. The molecule has 2 rings (SSSR count). The number of amides is 1. The van der Waals surface area contributed by atoms with Crippen LogP contribution in [0.2, 0.25) is 0 Å². The fourth-order valence-electron chi connectivity index (χ4n) is 2.32. The second-order valence-corrected chi connectivity index (χ2v) is 6.92. The lowest BCUT2D eigenvalue weighted by Gasteiger charge is -2.19. The van der Waals surface area contributed by atoms with Crippen molar-refractivity contribution in [3.8, 4) is 0 Å². The zero-order valence-corrected chi connectivity index (χ0v) is 13.8. The summed E-state index contributed by atoms with van der Waals surface area (Å²) in [6, 6.07) is 6.15. The Morgan fingerprint density at radius 1 is 1.37 bits per heavy atom. The minimum atomic E-state index is -0.465. The number of hydrogen-bond acceptors (Lipinski definition) is 2. The van der Waals surface area contributed by atoms with E-state index in [2.05, 4.69) is 40.0 Å². The standard InChI is InChI=1S/C15H20INO2/c1-15(2,3)19-14(18)17-13-5-4-11-6-10(9-16)7-12(11)8-13/h4-5,8,10H,6-7,9H2,1-3H3,(H,17,18)/t10-/m0/s1. The minimum absolute atomic E-state index is 0.393. The maximum absolute atomic E-state index is 11.7. The normalized spacial score (nSPS) is 18.0. The van der Waals surface area contributed by atoms with Crippen LogP contribution in [0.25, 0.3) is 0 Å². The van der Waals surface area contributed by atoms with E-state index in [-0.39, 0.29) is 0 Å². The number of nitrogens with one attached hydrogen (secondary N) is 1. The first kappa shape index (κ1) is 14.6. The van der Waals surface area contributed by atoms with Crippen molar-refractivity contribution in [2.75, 3.05) is 9.74 Å². The maximum Gasteiger partial charge on any atom is 0.412 e. The van der Waals surface area contributed by atoms with Crippen LogP contribution in [0.1, 0.15) is 31.9 Å². The van der Waals surface area contributed by atoms with Crippen LogP contribution in [0, 0.1) is 5.92 Å². The molecule has 1 aromatic rings. The number of alkyl halides is 1. The van der Waals surface area contributed by atoms with Crippen molar-refractivity contribution in [3.63, 3.8) is 0 Å². The highest BCUT2D eigenvalue weighted by molar-refractivity contribution is 14.1. The first-order valence-corrected chi connectivity index (χ1v) is 8.08. The molecule has 0 heterocycles. The number of ether oxygens (including phenoxy) is 1. The largest absolute Gasteiger partial charge is 0.444 e. The lowest BCUT2D eigenvalue weighted by Crippen LogP contribution is -2.27. The highest BCUT2D eigenvalue weighted by Gasteiger charge is 2.21. The molecule has 104 valence electrons. The Kier molecular flexibility index (Phi) is 4.38. The molecule has 0 spiro atoms. The van der Waals surface area contributed by atoms with Crippen LogP contribution in [0.5, 0.6) is 0 Å². The van der Waals surface area contributed by atoms with Crippen LogP contribution in [-0.4, -0.2) is 16.1 Å². The van der Waals surface area contributed by atoms with Gasteiger partial charge in [0.15, 0.2) is 0 Å². The van der Waals surface area contributed by atoms with Gasteiger partial charge in [0.25, 0.3) is 0 Å². The van der Waals surface area contributed by atoms with Crippen LogP contribution in [0.3, 0.4) is 0 Å². The molecule has 1 aliphatic rings. The van der Waals surface area contributed by atoms with Crippen LogP contribution in [0.15, 0.2) is 18.2 Å². The van der Waals surface area contributed by atoms with Crippen LogP contribution in [-0.2, 0) is 17.6 Å². The molecule has 0 fully saturated rings. The molecule has 1 N–H and O–H groups in total. The van der Waals surface area contributed by atoms with Crippen molar-refractivity contribution in [1.82, 2.24) is 0 Å². The minimum Gasteiger partial charge on any atom is -0.444 e. The molecule has 0 radical (unpaired) electrons. The van der Waals surface area contributed by atoms with Gasteiger partial charge >= 0.3 is 6.09 Å². The molecule has 1 amide bonds. The fourth-order valence-corrected chi connectivity index (χ4v) is 2.94. The molecule has 0 saturated carbocycles. The number of rotatable bonds is 2. The van der Waals surface area contributed by atoms with Crippen molar-refractivity contribution in [3.05, 3.63) is 29.3 Å². The van der Waals surface area contributed by atoms with Crippen molar-refractivity contribution in [2.45, 2.75) is 39.2 Å². The van der Waals surface area contributed by atoms with E-state index in [0.29, 0.717) is 0 Å². The fraction of sp³-hybridized carbons (Fsp3) is 0.533. The maximum atomic E-state index is 11.7. The summed E-state index contributed by atoms with van der Waals surface area (Å²) in [6.45, 7) is 5.58. The van der Waals surface area contributed by atoms with Gasteiger partial charge in [-0.2, -0.15) is 0 Å². The molecule has 19 heavy (non-hydrogen) atoms. The summed E-state index contributed by atoms with van der Waals surface area (Å²) < 4.78 is 6.43. The number of anilines is 1. The van der Waals surface area contributed by atoms with Crippen LogP contribution < -0.4 is 5.32 Å². The zero-order chi connectivity index (χ0) is 14.0. The van der Waals surface area contributed by atoms with E-state index in [4.69, 9.17) is 4.74 Å². The van der Waals surface area contributed by atoms with Crippen LogP contribution >= 0.6 is 22.6 Å². The quantitative estimate of drug-likeness (QED) is 0.624. The third-order valence-electron chi connectivity index (χ3n) is 3.09. The van der Waals surface area contributed by atoms with Gasteiger partial charge in [0.05, 0.1) is 0 Å². The summed E-state index contributed by atoms with van der Waals surface area (Å²) in [5.41, 5.74) is 3.13. The molecule has 0 aliphatic heterocycles. The van der Waals surface area contributed by atoms with E-state index in [1.807, 2.05) is 26.8 Å². The predicted octanol–water partition coefficient (Wildman–Crippen LogP) is 4.18. The van der Waals surface area contributed by atoms with E-state index in [9.17, 15) is 4.79 Å². The molecular weight excluding hydrogens is 353 g/mol. The molecule has 0 unspecified atom stereocenters. The highest BCUT2D eigenvalue weighted by Crippen LogP contribution is 2.30. The average molecular weight is 373 g/mol. The molecule has 1 aromatic carbocycles. The monoisotopic (exact) mass is 373 g/mol. The first-order chi connectivity index (χ1) is 8.87. The predicted molar refractivity (Wildman–Crippen MR) is 86.1 cm³/mol. The Labute approximate surface area is 128 Å². The summed E-state index contributed by atoms with van der Waals surface area (Å²) in [4.78, 5) is 11.7. The number of hydrogen-bond donors (Lipinski definition) is 1. The SMILES string of the molecule is CC(C)(C)OC(=O)Nc1ccc2c(c1)C[C@@H](CI)C2. The summed E-state index contributed by atoms with van der Waals surface area (Å²) >= 11 is 2.44. The van der Waals surface area contributed by atoms with E-state index in [1.165, 1.54) is 15.6 Å². The average Bonchev–Trinajstić information content (AvgIpc) is 2.68. The first-order valence-electron chi connectivity index (χ1n) is 6.55. The van der Waals surface area contributed by atoms with Crippen molar-refractivity contribution in [1.29, 1.82) is 0 Å². The van der Waals surface area contributed by atoms with E-state index < -0.39 is 11.7 Å². The summed E-state index contributed by atoms with van der Waals surface area (Å²) in [6.07, 6.45) is 1.88. The zero-order valence-electron chi connectivity index (χ0n) is 11.6. The Morgan fingerprint density at radius 3 is 2.68 bits per heavy atom. The Bertz CT molecular complexity index is 480. The summed E-state index contributed by atoms with van der Waals surface area (Å²) in [5, 5.41) is 2.80. The molecular formula is C15H20INO2. The number of benzene rings is 1. The van der Waals surface area contributed by atoms with Gasteiger partial charge in [0.2, 0.25) is 0 Å². The number of carbonyl (C=O) groups excluding carboxylic acids is 1. The Balaban J connectivity index is 2.02. The highest BCUT2D eigenvalue weighted by atomic mass is 127. The van der Waals surface area contributed by atoms with E-state index in [1.54, 1.807) is 0 Å². The molecule has 0 aromatic heterocycles. The van der Waals surface area contributed by atoms with Gasteiger partial charge in [0.1, 0.15) is 5.60 Å². The van der Waals surface area contributed by atoms with Gasteiger partial charge < -0.3 is 4.74 Å². The third kappa shape index (κ3) is 4.09. The Morgan fingerprint density at radius 2 is 2.05 bits per heavy atom. The van der Waals surface area contributed by atoms with Gasteiger partial charge in [-0.3, -0.25) is 5.32 Å². The third-order valence-corrected chi connectivity index (χ3v) is 4.33. The van der Waals surface area contributed by atoms with Gasteiger partial charge in [-0.15, -0.1) is 0 Å². The number of halogens is 1. The molecule has 4 heteroatoms. The topological polar surface area (TPSA) is 38.3 Å². The molecule has 0 bridgehead atoms. The number of fused-ring (bicyclic) bond motifs is 1. The molecule has 0 saturated heterocycles. The smallest absolute Gasteiger partial charge is 0.412 e. The van der Waals surface area contributed by atoms with E-state index >= 15 is 0 Å². The summed E-state index contributed by atoms with van der Waals surface area (Å²) in [5.74, 6) is 0.743. The second-order valence-electron chi connectivity index (χ2n) is 6.04. The van der Waals surface area contributed by atoms with Crippen molar-refractivity contribution in [2.24, 2.45) is 5.92 Å². The van der Waals surface area contributed by atoms with E-state index in [0.717, 1.165) is 24.4 Å². The molecule has 3 nitrogen and oxygen atoms in total. The van der Waals surface area contributed by atoms with Gasteiger partial charge in [-0.25, -0.2) is 4.79 Å². The summed E-state index contributed by atoms with van der Waals surface area (Å²) in [7, 11) is 0. The van der Waals surface area contributed by atoms with Gasteiger partial charge in [0, 0.05) is 10.1 Å². The van der Waals surface area contributed by atoms with Crippen LogP contribution in [0.4, 0.5) is 10.5 Å². The van der Waals surface area contributed by atoms with Crippen molar-refractivity contribution < 1.29 is 9.53 Å². The second kappa shape index (κ2) is 5.69. The molecule has 1 atom stereocenters. The Hall–Kier alpha value is -0.780.